The molecule has 0 fully saturated rings. The maximum absolute atomic E-state index is 5.99. The van der Waals surface area contributed by atoms with E-state index in [9.17, 15) is 0 Å². The standard InChI is InChI=1S/C20H19NO/c1-2-6-16(7-3-1)15-21-12-10-17(11-13-21)20-14-18-8-4-5-9-19(18)22-20/h1-10,12,14,17H,11,13,15H2. The van der Waals surface area contributed by atoms with Crippen molar-refractivity contribution >= 4 is 11.0 Å². The number of hydrogen-bond donors (Lipinski definition) is 0. The van der Waals surface area contributed by atoms with Crippen molar-refractivity contribution in [1.29, 1.82) is 0 Å². The second-order valence-electron chi connectivity index (χ2n) is 5.88. The molecule has 2 heteroatoms. The number of furan rings is 1. The smallest absolute Gasteiger partial charge is 0.134 e. The Kier molecular flexibility index (Phi) is 3.43. The first kappa shape index (κ1) is 13.2. The molecule has 1 atom stereocenters. The van der Waals surface area contributed by atoms with Gasteiger partial charge in [0.2, 0.25) is 0 Å². The van der Waals surface area contributed by atoms with E-state index in [0.29, 0.717) is 5.92 Å². The zero-order valence-corrected chi connectivity index (χ0v) is 12.5. The van der Waals surface area contributed by atoms with E-state index in [1.54, 1.807) is 0 Å². The van der Waals surface area contributed by atoms with Crippen LogP contribution in [-0.4, -0.2) is 11.4 Å². The van der Waals surface area contributed by atoms with Gasteiger partial charge in [0.1, 0.15) is 11.3 Å². The lowest BCUT2D eigenvalue weighted by molar-refractivity contribution is 0.327. The molecule has 1 unspecified atom stereocenters. The molecular weight excluding hydrogens is 270 g/mol. The summed E-state index contributed by atoms with van der Waals surface area (Å²) in [4.78, 5) is 2.37. The van der Waals surface area contributed by atoms with Gasteiger partial charge in [0.15, 0.2) is 0 Å². The molecule has 22 heavy (non-hydrogen) atoms. The molecule has 0 amide bonds. The summed E-state index contributed by atoms with van der Waals surface area (Å²) in [6.07, 6.45) is 5.58. The minimum Gasteiger partial charge on any atom is -0.460 e. The number of para-hydroxylation sites is 1. The maximum Gasteiger partial charge on any atom is 0.134 e. The monoisotopic (exact) mass is 289 g/mol. The Morgan fingerprint density at radius 2 is 1.82 bits per heavy atom. The molecule has 1 aliphatic heterocycles. The van der Waals surface area contributed by atoms with E-state index in [1.807, 2.05) is 12.1 Å². The molecule has 2 heterocycles. The number of fused-ring (bicyclic) bond motifs is 1. The molecule has 1 aliphatic rings. The van der Waals surface area contributed by atoms with Gasteiger partial charge in [-0.1, -0.05) is 54.6 Å². The summed E-state index contributed by atoms with van der Waals surface area (Å²) in [6.45, 7) is 2.04. The topological polar surface area (TPSA) is 16.4 Å². The van der Waals surface area contributed by atoms with Gasteiger partial charge in [0, 0.05) is 24.4 Å². The fourth-order valence-electron chi connectivity index (χ4n) is 3.07. The molecule has 4 rings (SSSR count). The summed E-state index contributed by atoms with van der Waals surface area (Å²) in [7, 11) is 0. The van der Waals surface area contributed by atoms with Gasteiger partial charge in [-0.2, -0.15) is 0 Å². The van der Waals surface area contributed by atoms with Gasteiger partial charge < -0.3 is 9.32 Å². The minimum atomic E-state index is 0.388. The third-order valence-corrected chi connectivity index (χ3v) is 4.30. The van der Waals surface area contributed by atoms with Crippen LogP contribution in [0.1, 0.15) is 23.7 Å². The van der Waals surface area contributed by atoms with Crippen molar-refractivity contribution in [3.05, 3.63) is 84.3 Å². The van der Waals surface area contributed by atoms with Gasteiger partial charge in [0.05, 0.1) is 0 Å². The Hall–Kier alpha value is -2.48. The summed E-state index contributed by atoms with van der Waals surface area (Å²) in [5.41, 5.74) is 2.34. The highest BCUT2D eigenvalue weighted by molar-refractivity contribution is 5.77. The fourth-order valence-corrected chi connectivity index (χ4v) is 3.07. The Morgan fingerprint density at radius 1 is 1.00 bits per heavy atom. The normalized spacial score (nSPS) is 18.0. The van der Waals surface area contributed by atoms with Crippen molar-refractivity contribution in [3.8, 4) is 0 Å². The van der Waals surface area contributed by atoms with Crippen LogP contribution in [0.5, 0.6) is 0 Å². The predicted octanol–water partition coefficient (Wildman–Crippen LogP) is 4.94. The third-order valence-electron chi connectivity index (χ3n) is 4.30. The molecule has 2 aromatic carbocycles. The summed E-state index contributed by atoms with van der Waals surface area (Å²) >= 11 is 0. The first-order chi connectivity index (χ1) is 10.9. The molecule has 110 valence electrons. The Labute approximate surface area is 130 Å². The van der Waals surface area contributed by atoms with E-state index < -0.39 is 0 Å². The lowest BCUT2D eigenvalue weighted by Gasteiger charge is -2.27. The largest absolute Gasteiger partial charge is 0.460 e. The molecular formula is C20H19NO. The zero-order chi connectivity index (χ0) is 14.8. The summed E-state index contributed by atoms with van der Waals surface area (Å²) in [5.74, 6) is 1.47. The maximum atomic E-state index is 5.99. The van der Waals surface area contributed by atoms with Crippen LogP contribution in [0.2, 0.25) is 0 Å². The fraction of sp³-hybridized carbons (Fsp3) is 0.200. The van der Waals surface area contributed by atoms with E-state index in [4.69, 9.17) is 4.42 Å². The van der Waals surface area contributed by atoms with Crippen LogP contribution in [0.25, 0.3) is 11.0 Å². The lowest BCUT2D eigenvalue weighted by Crippen LogP contribution is -2.23. The SMILES string of the molecule is C1=CN(Cc2ccccc2)CCC1c1cc2ccccc2o1. The third kappa shape index (κ3) is 2.64. The van der Waals surface area contributed by atoms with Crippen LogP contribution in [0, 0.1) is 0 Å². The average molecular weight is 289 g/mol. The molecule has 1 aromatic heterocycles. The summed E-state index contributed by atoms with van der Waals surface area (Å²) < 4.78 is 5.99. The number of benzene rings is 2. The molecule has 2 nitrogen and oxygen atoms in total. The number of allylic oxidation sites excluding steroid dienone is 1. The molecule has 0 aliphatic carbocycles. The zero-order valence-electron chi connectivity index (χ0n) is 12.5. The van der Waals surface area contributed by atoms with Gasteiger partial charge in [-0.3, -0.25) is 0 Å². The van der Waals surface area contributed by atoms with Crippen LogP contribution in [0.4, 0.5) is 0 Å². The van der Waals surface area contributed by atoms with Crippen LogP contribution in [-0.2, 0) is 6.54 Å². The van der Waals surface area contributed by atoms with Gasteiger partial charge in [-0.05, 0) is 30.3 Å². The predicted molar refractivity (Wildman–Crippen MR) is 89.6 cm³/mol. The van der Waals surface area contributed by atoms with Crippen molar-refractivity contribution in [2.75, 3.05) is 6.54 Å². The number of hydrogen-bond acceptors (Lipinski definition) is 2. The second kappa shape index (κ2) is 5.72. The molecule has 0 bridgehead atoms. The first-order valence-electron chi connectivity index (χ1n) is 7.83. The molecule has 0 saturated carbocycles. The molecule has 0 N–H and O–H groups in total. The molecule has 0 saturated heterocycles. The van der Waals surface area contributed by atoms with Gasteiger partial charge in [0.25, 0.3) is 0 Å². The lowest BCUT2D eigenvalue weighted by atomic mass is 9.99. The van der Waals surface area contributed by atoms with E-state index in [-0.39, 0.29) is 0 Å². The summed E-state index contributed by atoms with van der Waals surface area (Å²) in [6, 6.07) is 21.0. The molecule has 0 spiro atoms. The van der Waals surface area contributed by atoms with Gasteiger partial charge in [-0.25, -0.2) is 0 Å². The highest BCUT2D eigenvalue weighted by Gasteiger charge is 2.18. The van der Waals surface area contributed by atoms with Crippen LogP contribution >= 0.6 is 0 Å². The quantitative estimate of drug-likeness (QED) is 0.679. The van der Waals surface area contributed by atoms with Crippen molar-refractivity contribution in [3.63, 3.8) is 0 Å². The Balaban J connectivity index is 1.48. The Morgan fingerprint density at radius 3 is 2.59 bits per heavy atom. The van der Waals surface area contributed by atoms with Crippen LogP contribution < -0.4 is 0 Å². The average Bonchev–Trinajstić information content (AvgIpc) is 3.00. The first-order valence-corrected chi connectivity index (χ1v) is 7.83. The Bertz CT molecular complexity index is 755. The minimum absolute atomic E-state index is 0.388. The van der Waals surface area contributed by atoms with Crippen LogP contribution in [0.3, 0.4) is 0 Å². The van der Waals surface area contributed by atoms with Crippen molar-refractivity contribution < 1.29 is 4.42 Å². The second-order valence-corrected chi connectivity index (χ2v) is 5.88. The highest BCUT2D eigenvalue weighted by atomic mass is 16.3. The van der Waals surface area contributed by atoms with Crippen molar-refractivity contribution in [2.45, 2.75) is 18.9 Å². The number of nitrogens with zero attached hydrogens (tertiary/aromatic N) is 1. The van der Waals surface area contributed by atoms with E-state index in [0.717, 1.165) is 30.9 Å². The van der Waals surface area contributed by atoms with Crippen LogP contribution in [0.15, 0.2) is 77.4 Å². The highest BCUT2D eigenvalue weighted by Crippen LogP contribution is 2.30. The van der Waals surface area contributed by atoms with Crippen molar-refractivity contribution in [1.82, 2.24) is 4.90 Å². The van der Waals surface area contributed by atoms with E-state index in [1.165, 1.54) is 10.9 Å². The van der Waals surface area contributed by atoms with E-state index in [2.05, 4.69) is 65.7 Å². The van der Waals surface area contributed by atoms with Gasteiger partial charge >= 0.3 is 0 Å². The van der Waals surface area contributed by atoms with Crippen molar-refractivity contribution in [2.24, 2.45) is 0 Å². The molecule has 3 aromatic rings. The number of rotatable bonds is 3. The van der Waals surface area contributed by atoms with E-state index >= 15 is 0 Å². The van der Waals surface area contributed by atoms with Gasteiger partial charge in [-0.15, -0.1) is 0 Å². The summed E-state index contributed by atoms with van der Waals surface area (Å²) in [5, 5.41) is 1.19. The molecule has 0 radical (unpaired) electrons.